The molecule has 4 atom stereocenters. The van der Waals surface area contributed by atoms with Gasteiger partial charge >= 0.3 is 0 Å². The van der Waals surface area contributed by atoms with E-state index in [4.69, 9.17) is 0 Å². The zero-order valence-electron chi connectivity index (χ0n) is 21.3. The molecule has 6 heteroatoms. The van der Waals surface area contributed by atoms with Crippen molar-refractivity contribution in [2.24, 2.45) is 22.7 Å². The lowest BCUT2D eigenvalue weighted by Gasteiger charge is -2.35. The van der Waals surface area contributed by atoms with Crippen LogP contribution in [0.15, 0.2) is 60.7 Å². The van der Waals surface area contributed by atoms with Crippen molar-refractivity contribution < 1.29 is 14.4 Å². The number of thiophene rings is 1. The number of carbonyl (C=O) groups excluding carboxylic acids is 3. The summed E-state index contributed by atoms with van der Waals surface area (Å²) < 4.78 is 0. The van der Waals surface area contributed by atoms with E-state index in [0.29, 0.717) is 10.6 Å². The van der Waals surface area contributed by atoms with E-state index in [1.807, 2.05) is 74.5 Å². The Balaban J connectivity index is 1.46. The number of carbonyl (C=O) groups is 3. The Morgan fingerprint density at radius 1 is 0.816 bits per heavy atom. The van der Waals surface area contributed by atoms with Gasteiger partial charge in [0.05, 0.1) is 28.2 Å². The molecule has 0 radical (unpaired) electrons. The van der Waals surface area contributed by atoms with Crippen LogP contribution in [0.25, 0.3) is 11.1 Å². The van der Waals surface area contributed by atoms with Crippen LogP contribution in [-0.2, 0) is 27.2 Å². The highest BCUT2D eigenvalue weighted by atomic mass is 32.1. The number of Topliss-reactive ketones (excluding diaryl/α,β-unsaturated/α-hetero) is 1. The third-order valence-electron chi connectivity index (χ3n) is 9.37. The fraction of sp³-hybridized carbons (Fsp3) is 0.312. The van der Waals surface area contributed by atoms with Crippen LogP contribution in [0.3, 0.4) is 0 Å². The molecule has 2 fully saturated rings. The van der Waals surface area contributed by atoms with Crippen molar-refractivity contribution in [1.29, 1.82) is 5.26 Å². The fourth-order valence-corrected chi connectivity index (χ4v) is 9.18. The number of nitriles is 1. The van der Waals surface area contributed by atoms with Crippen LogP contribution in [0.2, 0.25) is 0 Å². The molecule has 38 heavy (non-hydrogen) atoms. The van der Waals surface area contributed by atoms with E-state index in [1.165, 1.54) is 16.2 Å². The molecule has 188 valence electrons. The van der Waals surface area contributed by atoms with Crippen LogP contribution < -0.4 is 4.90 Å². The predicted octanol–water partition coefficient (Wildman–Crippen LogP) is 5.82. The van der Waals surface area contributed by atoms with Crippen LogP contribution in [0.5, 0.6) is 0 Å². The Morgan fingerprint density at radius 3 is 1.82 bits per heavy atom. The molecule has 2 heterocycles. The number of aryl methyl sites for hydroxylation is 1. The molecule has 5 nitrogen and oxygen atoms in total. The van der Waals surface area contributed by atoms with Gasteiger partial charge in [0.1, 0.15) is 11.1 Å². The summed E-state index contributed by atoms with van der Waals surface area (Å²) in [6.45, 7) is 3.71. The van der Waals surface area contributed by atoms with E-state index < -0.39 is 22.7 Å². The second-order valence-electron chi connectivity index (χ2n) is 11.2. The first kappa shape index (κ1) is 23.3. The third-order valence-corrected chi connectivity index (χ3v) is 10.7. The molecule has 3 aromatic rings. The number of benzene rings is 2. The number of imide groups is 1. The maximum absolute atomic E-state index is 14.4. The smallest absolute Gasteiger partial charge is 0.239 e. The molecular formula is C32H26N2O3S. The normalized spacial score (nSPS) is 29.6. The molecule has 3 aliphatic carbocycles. The van der Waals surface area contributed by atoms with Gasteiger partial charge in [-0.3, -0.25) is 14.4 Å². The maximum Gasteiger partial charge on any atom is 0.239 e. The number of allylic oxidation sites excluding steroid dienone is 2. The summed E-state index contributed by atoms with van der Waals surface area (Å²) >= 11 is 1.41. The van der Waals surface area contributed by atoms with Crippen LogP contribution in [0, 0.1) is 34.0 Å². The Bertz CT molecular complexity index is 1550. The van der Waals surface area contributed by atoms with Crippen LogP contribution in [0.1, 0.15) is 53.8 Å². The molecule has 0 unspecified atom stereocenters. The highest BCUT2D eigenvalue weighted by molar-refractivity contribution is 7.17. The molecule has 4 aliphatic rings. The van der Waals surface area contributed by atoms with Gasteiger partial charge in [0.15, 0.2) is 5.78 Å². The van der Waals surface area contributed by atoms with Gasteiger partial charge in [-0.25, -0.2) is 4.90 Å². The maximum atomic E-state index is 14.4. The second kappa shape index (κ2) is 7.85. The van der Waals surface area contributed by atoms with Crippen molar-refractivity contribution in [3.8, 4) is 6.07 Å². The summed E-state index contributed by atoms with van der Waals surface area (Å²) in [6, 6.07) is 21.9. The minimum Gasteiger partial charge on any atom is -0.298 e. The van der Waals surface area contributed by atoms with Gasteiger partial charge in [0.25, 0.3) is 0 Å². The zero-order valence-corrected chi connectivity index (χ0v) is 22.1. The molecule has 0 N–H and O–H groups in total. The SMILES string of the molecule is C[C@]12C(=O)[C@](C)(C(c3ccccc3)=C1c1ccccc1)[C@@H]1C(=O)N(c3sc4c(c3C#N)CCCC4)C(=O)[C@H]12. The number of hydrogen-bond acceptors (Lipinski definition) is 5. The van der Waals surface area contributed by atoms with Crippen molar-refractivity contribution in [2.45, 2.75) is 39.5 Å². The lowest BCUT2D eigenvalue weighted by molar-refractivity contribution is -0.133. The minimum absolute atomic E-state index is 0.0648. The van der Waals surface area contributed by atoms with Gasteiger partial charge in [0, 0.05) is 4.88 Å². The summed E-state index contributed by atoms with van der Waals surface area (Å²) in [5.74, 6) is -2.38. The van der Waals surface area contributed by atoms with E-state index in [0.717, 1.165) is 58.4 Å². The van der Waals surface area contributed by atoms with Crippen LogP contribution in [0.4, 0.5) is 5.00 Å². The monoisotopic (exact) mass is 518 g/mol. The number of amides is 2. The first-order valence-corrected chi connectivity index (χ1v) is 14.0. The average Bonchev–Trinajstić information content (AvgIpc) is 3.55. The van der Waals surface area contributed by atoms with Crippen molar-refractivity contribution in [1.82, 2.24) is 0 Å². The average molecular weight is 519 g/mol. The Hall–Kier alpha value is -3.82. The predicted molar refractivity (Wildman–Crippen MR) is 146 cm³/mol. The number of nitrogens with zero attached hydrogens (tertiary/aromatic N) is 2. The van der Waals surface area contributed by atoms with Crippen LogP contribution >= 0.6 is 11.3 Å². The minimum atomic E-state index is -1.16. The van der Waals surface area contributed by atoms with E-state index in [9.17, 15) is 19.6 Å². The number of rotatable bonds is 3. The quantitative estimate of drug-likeness (QED) is 0.409. The zero-order chi connectivity index (χ0) is 26.4. The lowest BCUT2D eigenvalue weighted by atomic mass is 9.63. The highest BCUT2D eigenvalue weighted by Crippen LogP contribution is 2.73. The number of ketones is 1. The molecular weight excluding hydrogens is 492 g/mol. The molecule has 0 spiro atoms. The molecule has 2 bridgehead atoms. The molecule has 2 aromatic carbocycles. The Kier molecular flexibility index (Phi) is 4.81. The van der Waals surface area contributed by atoms with Gasteiger partial charge in [-0.15, -0.1) is 11.3 Å². The summed E-state index contributed by atoms with van der Waals surface area (Å²) in [7, 11) is 0. The molecule has 7 rings (SSSR count). The molecule has 2 amide bonds. The van der Waals surface area contributed by atoms with E-state index >= 15 is 0 Å². The Labute approximate surface area is 225 Å². The molecule has 1 aromatic heterocycles. The first-order chi connectivity index (χ1) is 18.3. The number of anilines is 1. The standard InChI is InChI=1S/C32H26N2O3S/c1-31-23(18-11-5-3-6-12-18)24(19-13-7-4-8-14-19)32(2,30(31)37)26-25(31)27(35)34(28(26)36)29-21(17-33)20-15-9-10-16-22(20)38-29/h3-8,11-14,25-26H,9-10,15-16H2,1-2H3/t25-,26-,31-,32+/m0/s1. The molecule has 1 saturated carbocycles. The third kappa shape index (κ3) is 2.62. The summed E-state index contributed by atoms with van der Waals surface area (Å²) in [6.07, 6.45) is 3.70. The van der Waals surface area contributed by atoms with E-state index in [1.54, 1.807) is 0 Å². The molecule has 1 saturated heterocycles. The Morgan fingerprint density at radius 2 is 1.32 bits per heavy atom. The second-order valence-corrected chi connectivity index (χ2v) is 12.3. The topological polar surface area (TPSA) is 78.2 Å². The summed E-state index contributed by atoms with van der Waals surface area (Å²) in [5.41, 5.74) is 2.61. The number of fused-ring (bicyclic) bond motifs is 6. The summed E-state index contributed by atoms with van der Waals surface area (Å²) in [4.78, 5) is 45.4. The number of hydrogen-bond donors (Lipinski definition) is 0. The van der Waals surface area contributed by atoms with Crippen molar-refractivity contribution in [2.75, 3.05) is 4.90 Å². The lowest BCUT2D eigenvalue weighted by Crippen LogP contribution is -2.40. The van der Waals surface area contributed by atoms with Gasteiger partial charge in [-0.1, -0.05) is 60.7 Å². The van der Waals surface area contributed by atoms with Crippen molar-refractivity contribution in [3.05, 3.63) is 87.8 Å². The van der Waals surface area contributed by atoms with Crippen molar-refractivity contribution in [3.63, 3.8) is 0 Å². The fourth-order valence-electron chi connectivity index (χ4n) is 7.83. The van der Waals surface area contributed by atoms with Gasteiger partial charge < -0.3 is 0 Å². The van der Waals surface area contributed by atoms with E-state index in [2.05, 4.69) is 6.07 Å². The summed E-state index contributed by atoms with van der Waals surface area (Å²) in [5, 5.41) is 10.5. The highest BCUT2D eigenvalue weighted by Gasteiger charge is 2.79. The van der Waals surface area contributed by atoms with Gasteiger partial charge in [0.2, 0.25) is 11.8 Å². The first-order valence-electron chi connectivity index (χ1n) is 13.2. The van der Waals surface area contributed by atoms with E-state index in [-0.39, 0.29) is 17.6 Å². The largest absolute Gasteiger partial charge is 0.298 e. The molecule has 1 aliphatic heterocycles. The van der Waals surface area contributed by atoms with Crippen molar-refractivity contribution >= 4 is 45.1 Å². The van der Waals surface area contributed by atoms with Gasteiger partial charge in [-0.05, 0) is 67.4 Å². The van der Waals surface area contributed by atoms with Gasteiger partial charge in [-0.2, -0.15) is 5.26 Å². The van der Waals surface area contributed by atoms with Crippen LogP contribution in [-0.4, -0.2) is 17.6 Å².